The van der Waals surface area contributed by atoms with E-state index in [1.165, 1.54) is 0 Å². The smallest absolute Gasteiger partial charge is 0.408 e. The van der Waals surface area contributed by atoms with Gasteiger partial charge in [-0.1, -0.05) is 13.8 Å². The van der Waals surface area contributed by atoms with Crippen LogP contribution in [0, 0.1) is 0 Å². The number of amides is 1. The van der Waals surface area contributed by atoms with Gasteiger partial charge in [0.1, 0.15) is 11.9 Å². The molecular weight excluding hydrogens is 226 g/mol. The van der Waals surface area contributed by atoms with E-state index in [-0.39, 0.29) is 0 Å². The predicted molar refractivity (Wildman–Crippen MR) is 66.8 cm³/mol. The number of hydrogen-bond acceptors (Lipinski definition) is 4. The highest BCUT2D eigenvalue weighted by Crippen LogP contribution is 2.11. The Morgan fingerprint density at radius 3 is 2.38 bits per heavy atom. The first-order chi connectivity index (χ1) is 7.24. The van der Waals surface area contributed by atoms with Gasteiger partial charge in [-0.25, -0.2) is 4.79 Å². The molecule has 94 valence electrons. The number of rotatable bonds is 5. The normalized spacial score (nSPS) is 13.4. The molecule has 0 aromatic rings. The first-order valence-corrected chi connectivity index (χ1v) is 6.36. The molecule has 0 saturated heterocycles. The van der Waals surface area contributed by atoms with Crippen LogP contribution in [0.4, 0.5) is 4.79 Å². The van der Waals surface area contributed by atoms with Gasteiger partial charge >= 0.3 is 6.09 Å². The lowest BCUT2D eigenvalue weighted by Gasteiger charge is -2.21. The van der Waals surface area contributed by atoms with Gasteiger partial charge in [0.25, 0.3) is 0 Å². The van der Waals surface area contributed by atoms with Crippen LogP contribution in [0.5, 0.6) is 0 Å². The molecule has 0 aromatic carbocycles. The molecule has 0 aliphatic heterocycles. The van der Waals surface area contributed by atoms with Crippen LogP contribution in [0.2, 0.25) is 0 Å². The van der Waals surface area contributed by atoms with Crippen LogP contribution >= 0.6 is 11.8 Å². The molecule has 0 unspecified atom stereocenters. The number of carbonyl (C=O) groups excluding carboxylic acids is 2. The molecule has 1 atom stereocenters. The molecule has 1 amide bonds. The monoisotopic (exact) mass is 247 g/mol. The summed E-state index contributed by atoms with van der Waals surface area (Å²) in [5.41, 5.74) is -0.539. The van der Waals surface area contributed by atoms with Crippen molar-refractivity contribution in [1.82, 2.24) is 5.32 Å². The first kappa shape index (κ1) is 15.3. The molecular formula is C11H21NO3S. The number of carbonyl (C=O) groups is 2. The molecule has 0 aliphatic carbocycles. The van der Waals surface area contributed by atoms with E-state index in [1.807, 2.05) is 13.8 Å². The SMILES string of the molecule is CC(C)SC[C@H](C=O)NC(=O)OC(C)(C)C. The van der Waals surface area contributed by atoms with Crippen molar-refractivity contribution in [2.75, 3.05) is 5.75 Å². The fourth-order valence-corrected chi connectivity index (χ4v) is 1.62. The number of alkyl carbamates (subject to hydrolysis) is 1. The Balaban J connectivity index is 4.02. The second-order valence-corrected chi connectivity index (χ2v) is 6.38. The second kappa shape index (κ2) is 6.78. The highest BCUT2D eigenvalue weighted by molar-refractivity contribution is 7.99. The van der Waals surface area contributed by atoms with E-state index >= 15 is 0 Å². The van der Waals surface area contributed by atoms with E-state index in [0.717, 1.165) is 6.29 Å². The van der Waals surface area contributed by atoms with Gasteiger partial charge in [-0.05, 0) is 26.0 Å². The van der Waals surface area contributed by atoms with Gasteiger partial charge in [0.05, 0.1) is 6.04 Å². The van der Waals surface area contributed by atoms with Crippen LogP contribution in [-0.2, 0) is 9.53 Å². The van der Waals surface area contributed by atoms with Crippen molar-refractivity contribution in [2.45, 2.75) is 51.5 Å². The summed E-state index contributed by atoms with van der Waals surface area (Å²) in [6.07, 6.45) is 0.188. The Morgan fingerprint density at radius 1 is 1.44 bits per heavy atom. The maximum Gasteiger partial charge on any atom is 0.408 e. The topological polar surface area (TPSA) is 55.4 Å². The van der Waals surface area contributed by atoms with Gasteiger partial charge in [-0.3, -0.25) is 0 Å². The fraction of sp³-hybridized carbons (Fsp3) is 0.818. The summed E-state index contributed by atoms with van der Waals surface area (Å²) in [4.78, 5) is 22.1. The zero-order chi connectivity index (χ0) is 12.8. The Bertz CT molecular complexity index is 236. The molecule has 1 N–H and O–H groups in total. The third-order valence-electron chi connectivity index (χ3n) is 1.48. The summed E-state index contributed by atoms with van der Waals surface area (Å²) in [5, 5.41) is 2.96. The predicted octanol–water partition coefficient (Wildman–Crippen LogP) is 2.22. The average molecular weight is 247 g/mol. The van der Waals surface area contributed by atoms with E-state index in [9.17, 15) is 9.59 Å². The summed E-state index contributed by atoms with van der Waals surface area (Å²) in [7, 11) is 0. The minimum absolute atomic E-state index is 0.433. The van der Waals surface area contributed by atoms with Crippen molar-refractivity contribution in [3.8, 4) is 0 Å². The highest BCUT2D eigenvalue weighted by atomic mass is 32.2. The van der Waals surface area contributed by atoms with Gasteiger partial charge < -0.3 is 14.8 Å². The molecule has 5 heteroatoms. The molecule has 0 radical (unpaired) electrons. The lowest BCUT2D eigenvalue weighted by molar-refractivity contribution is -0.109. The van der Waals surface area contributed by atoms with Crippen molar-refractivity contribution in [3.05, 3.63) is 0 Å². The Labute approximate surface area is 101 Å². The number of hydrogen-bond donors (Lipinski definition) is 1. The van der Waals surface area contributed by atoms with E-state index in [0.29, 0.717) is 11.0 Å². The third kappa shape index (κ3) is 8.59. The number of aldehydes is 1. The maximum atomic E-state index is 11.4. The summed E-state index contributed by atoms with van der Waals surface area (Å²) < 4.78 is 5.06. The van der Waals surface area contributed by atoms with E-state index < -0.39 is 17.7 Å². The maximum absolute atomic E-state index is 11.4. The average Bonchev–Trinajstić information content (AvgIpc) is 2.08. The highest BCUT2D eigenvalue weighted by Gasteiger charge is 2.19. The lowest BCUT2D eigenvalue weighted by Crippen LogP contribution is -2.41. The Kier molecular flexibility index (Phi) is 6.48. The quantitative estimate of drug-likeness (QED) is 0.757. The van der Waals surface area contributed by atoms with Crippen LogP contribution < -0.4 is 5.32 Å². The molecule has 4 nitrogen and oxygen atoms in total. The van der Waals surface area contributed by atoms with E-state index in [1.54, 1.807) is 32.5 Å². The van der Waals surface area contributed by atoms with Crippen LogP contribution in [0.1, 0.15) is 34.6 Å². The molecule has 0 heterocycles. The zero-order valence-electron chi connectivity index (χ0n) is 10.6. The van der Waals surface area contributed by atoms with Crippen molar-refractivity contribution in [3.63, 3.8) is 0 Å². The molecule has 0 saturated carbocycles. The number of thioether (sulfide) groups is 1. The van der Waals surface area contributed by atoms with E-state index in [4.69, 9.17) is 4.74 Å². The van der Waals surface area contributed by atoms with Gasteiger partial charge in [-0.2, -0.15) is 11.8 Å². The standard InChI is InChI=1S/C11H21NO3S/c1-8(2)16-7-9(6-13)12-10(14)15-11(3,4)5/h6,8-9H,7H2,1-5H3,(H,12,14)/t9-/m0/s1. The van der Waals surface area contributed by atoms with E-state index in [2.05, 4.69) is 5.32 Å². The lowest BCUT2D eigenvalue weighted by atomic mass is 10.2. The zero-order valence-corrected chi connectivity index (χ0v) is 11.4. The minimum Gasteiger partial charge on any atom is -0.444 e. The van der Waals surface area contributed by atoms with Gasteiger partial charge in [0, 0.05) is 5.75 Å². The van der Waals surface area contributed by atoms with Crippen LogP contribution in [-0.4, -0.2) is 35.0 Å². The minimum atomic E-state index is -0.547. The molecule has 0 aromatic heterocycles. The summed E-state index contributed by atoms with van der Waals surface area (Å²) in [6, 6.07) is -0.484. The van der Waals surface area contributed by atoms with Gasteiger partial charge in [0.15, 0.2) is 0 Å². The molecule has 0 bridgehead atoms. The molecule has 0 spiro atoms. The van der Waals surface area contributed by atoms with Gasteiger partial charge in [-0.15, -0.1) is 0 Å². The van der Waals surface area contributed by atoms with Crippen LogP contribution in [0.15, 0.2) is 0 Å². The van der Waals surface area contributed by atoms with Crippen molar-refractivity contribution in [2.24, 2.45) is 0 Å². The van der Waals surface area contributed by atoms with Crippen molar-refractivity contribution in [1.29, 1.82) is 0 Å². The molecule has 0 fully saturated rings. The largest absolute Gasteiger partial charge is 0.444 e. The van der Waals surface area contributed by atoms with Crippen molar-refractivity contribution < 1.29 is 14.3 Å². The fourth-order valence-electron chi connectivity index (χ4n) is 0.870. The second-order valence-electron chi connectivity index (χ2n) is 4.77. The number of ether oxygens (including phenoxy) is 1. The Hall–Kier alpha value is -0.710. The van der Waals surface area contributed by atoms with Crippen LogP contribution in [0.3, 0.4) is 0 Å². The molecule has 0 aliphatic rings. The van der Waals surface area contributed by atoms with Crippen LogP contribution in [0.25, 0.3) is 0 Å². The summed E-state index contributed by atoms with van der Waals surface area (Å²) >= 11 is 1.62. The first-order valence-electron chi connectivity index (χ1n) is 5.31. The summed E-state index contributed by atoms with van der Waals surface area (Å²) in [6.45, 7) is 9.43. The Morgan fingerprint density at radius 2 is 2.00 bits per heavy atom. The summed E-state index contributed by atoms with van der Waals surface area (Å²) in [5.74, 6) is 0.570. The number of nitrogens with one attached hydrogen (secondary N) is 1. The third-order valence-corrected chi connectivity index (χ3v) is 2.69. The molecule has 0 rings (SSSR count). The van der Waals surface area contributed by atoms with Gasteiger partial charge in [0.2, 0.25) is 0 Å². The van der Waals surface area contributed by atoms with Crippen molar-refractivity contribution >= 4 is 24.1 Å². The molecule has 16 heavy (non-hydrogen) atoms.